The van der Waals surface area contributed by atoms with Crippen molar-refractivity contribution in [1.29, 1.82) is 0 Å². The third-order valence-corrected chi connectivity index (χ3v) is 7.85. The van der Waals surface area contributed by atoms with Gasteiger partial charge in [-0.3, -0.25) is 4.79 Å². The first-order valence-electron chi connectivity index (χ1n) is 12.4. The van der Waals surface area contributed by atoms with E-state index in [0.29, 0.717) is 42.7 Å². The molecule has 34 heavy (non-hydrogen) atoms. The number of esters is 1. The predicted octanol–water partition coefficient (Wildman–Crippen LogP) is 7.68. The Balaban J connectivity index is 1.36. The summed E-state index contributed by atoms with van der Waals surface area (Å²) in [4.78, 5) is 12.6. The van der Waals surface area contributed by atoms with E-state index in [9.17, 15) is 9.18 Å². The smallest absolute Gasteiger partial charge is 0.314 e. The van der Waals surface area contributed by atoms with Gasteiger partial charge in [-0.1, -0.05) is 25.5 Å². The number of hydrogen-bond acceptors (Lipinski definition) is 3. The van der Waals surface area contributed by atoms with Crippen molar-refractivity contribution in [1.82, 2.24) is 0 Å². The molecule has 0 atom stereocenters. The largest absolute Gasteiger partial charge is 0.494 e. The lowest BCUT2D eigenvalue weighted by atomic mass is 9.76. The third-order valence-electron chi connectivity index (χ3n) is 7.85. The van der Waals surface area contributed by atoms with Crippen LogP contribution in [0.5, 0.6) is 11.5 Å². The topological polar surface area (TPSA) is 35.5 Å². The fourth-order valence-electron chi connectivity index (χ4n) is 5.64. The Morgan fingerprint density at radius 1 is 0.853 bits per heavy atom. The molecule has 0 heterocycles. The number of benzene rings is 2. The van der Waals surface area contributed by atoms with Crippen LogP contribution < -0.4 is 9.47 Å². The minimum atomic E-state index is -0.727. The van der Waals surface area contributed by atoms with Crippen LogP contribution in [-0.2, 0) is 4.79 Å². The maximum Gasteiger partial charge on any atom is 0.314 e. The molecule has 184 valence electrons. The van der Waals surface area contributed by atoms with Gasteiger partial charge in [-0.2, -0.15) is 0 Å². The first kappa shape index (κ1) is 24.6. The second kappa shape index (κ2) is 10.8. The Morgan fingerprint density at radius 2 is 1.41 bits per heavy atom. The van der Waals surface area contributed by atoms with Crippen LogP contribution in [0.4, 0.5) is 13.2 Å². The second-order valence-electron chi connectivity index (χ2n) is 9.76. The van der Waals surface area contributed by atoms with Crippen LogP contribution in [0.1, 0.15) is 87.7 Å². The number of hydrogen-bond donors (Lipinski definition) is 0. The molecule has 0 unspecified atom stereocenters. The Morgan fingerprint density at radius 3 is 1.91 bits per heavy atom. The van der Waals surface area contributed by atoms with Crippen LogP contribution in [0.15, 0.2) is 30.3 Å². The van der Waals surface area contributed by atoms with Crippen molar-refractivity contribution in [2.24, 2.45) is 11.8 Å². The van der Waals surface area contributed by atoms with Gasteiger partial charge in [0, 0.05) is 6.07 Å². The molecular formula is C28H33F3O3. The lowest BCUT2D eigenvalue weighted by molar-refractivity contribution is -0.140. The molecule has 3 nitrogen and oxygen atoms in total. The highest BCUT2D eigenvalue weighted by Gasteiger charge is 2.32. The molecule has 2 aliphatic carbocycles. The average Bonchev–Trinajstić information content (AvgIpc) is 2.86. The molecule has 6 heteroatoms. The van der Waals surface area contributed by atoms with Gasteiger partial charge in [0.2, 0.25) is 0 Å². The number of methoxy groups -OCH3 is 1. The van der Waals surface area contributed by atoms with E-state index in [-0.39, 0.29) is 29.3 Å². The Bertz CT molecular complexity index is 1010. The third kappa shape index (κ3) is 5.26. The minimum Gasteiger partial charge on any atom is -0.494 e. The Hall–Kier alpha value is -2.50. The van der Waals surface area contributed by atoms with Gasteiger partial charge in [0.15, 0.2) is 23.2 Å². The van der Waals surface area contributed by atoms with E-state index in [2.05, 4.69) is 6.92 Å². The summed E-state index contributed by atoms with van der Waals surface area (Å²) in [6.07, 6.45) is 7.33. The van der Waals surface area contributed by atoms with E-state index in [4.69, 9.17) is 9.47 Å². The molecule has 2 aromatic rings. The predicted molar refractivity (Wildman–Crippen MR) is 125 cm³/mol. The summed E-state index contributed by atoms with van der Waals surface area (Å²) in [5, 5.41) is 0. The lowest BCUT2D eigenvalue weighted by Gasteiger charge is -2.30. The Kier molecular flexibility index (Phi) is 7.84. The molecular weight excluding hydrogens is 441 g/mol. The standard InChI is InChI=1S/C28H33F3O3/c1-3-17-4-6-18(7-5-17)22-13-14-23(27(31)26(22)30)19-8-10-20(11-9-19)28(32)34-21-12-15-25(33-2)24(29)16-21/h12-20H,3-11H2,1-2H3. The SMILES string of the molecule is CCC1CCC(c2ccc(C3CCC(C(=O)Oc4ccc(OC)c(F)c4)CC3)c(F)c2F)CC1. The second-order valence-corrected chi connectivity index (χ2v) is 9.76. The molecule has 2 fully saturated rings. The van der Waals surface area contributed by atoms with Gasteiger partial charge >= 0.3 is 5.97 Å². The van der Waals surface area contributed by atoms with E-state index in [0.717, 1.165) is 38.2 Å². The average molecular weight is 475 g/mol. The molecule has 0 radical (unpaired) electrons. The van der Waals surface area contributed by atoms with E-state index >= 15 is 8.78 Å². The van der Waals surface area contributed by atoms with E-state index in [1.807, 2.05) is 0 Å². The van der Waals surface area contributed by atoms with Crippen LogP contribution in [0, 0.1) is 29.3 Å². The van der Waals surface area contributed by atoms with Gasteiger partial charge in [-0.25, -0.2) is 13.2 Å². The van der Waals surface area contributed by atoms with Crippen molar-refractivity contribution in [2.75, 3.05) is 7.11 Å². The van der Waals surface area contributed by atoms with Crippen molar-refractivity contribution in [3.8, 4) is 11.5 Å². The van der Waals surface area contributed by atoms with Gasteiger partial charge in [-0.15, -0.1) is 0 Å². The first-order valence-corrected chi connectivity index (χ1v) is 12.4. The summed E-state index contributed by atoms with van der Waals surface area (Å²) in [6.45, 7) is 2.19. The van der Waals surface area contributed by atoms with Crippen LogP contribution in [0.2, 0.25) is 0 Å². The highest BCUT2D eigenvalue weighted by molar-refractivity contribution is 5.75. The van der Waals surface area contributed by atoms with Crippen molar-refractivity contribution >= 4 is 5.97 Å². The Labute approximate surface area is 199 Å². The van der Waals surface area contributed by atoms with E-state index in [1.54, 1.807) is 12.1 Å². The molecule has 0 bridgehead atoms. The summed E-state index contributed by atoms with van der Waals surface area (Å²) in [7, 11) is 1.36. The van der Waals surface area contributed by atoms with Crippen molar-refractivity contribution in [3.05, 3.63) is 58.9 Å². The molecule has 0 N–H and O–H groups in total. The number of carbonyl (C=O) groups excluding carboxylic acids is 1. The summed E-state index contributed by atoms with van der Waals surface area (Å²) >= 11 is 0. The quantitative estimate of drug-likeness (QED) is 0.318. The highest BCUT2D eigenvalue weighted by Crippen LogP contribution is 2.42. The zero-order chi connectivity index (χ0) is 24.2. The minimum absolute atomic E-state index is 0.0780. The van der Waals surface area contributed by atoms with Gasteiger partial charge < -0.3 is 9.47 Å². The van der Waals surface area contributed by atoms with Gasteiger partial charge in [0.05, 0.1) is 13.0 Å². The van der Waals surface area contributed by atoms with Crippen LogP contribution in [0.3, 0.4) is 0 Å². The molecule has 4 rings (SSSR count). The molecule has 2 saturated carbocycles. The molecule has 0 aliphatic heterocycles. The normalized spacial score (nSPS) is 25.1. The van der Waals surface area contributed by atoms with Crippen molar-refractivity contribution in [3.63, 3.8) is 0 Å². The maximum atomic E-state index is 15.1. The monoisotopic (exact) mass is 474 g/mol. The molecule has 0 aromatic heterocycles. The summed E-state index contributed by atoms with van der Waals surface area (Å²) in [5.41, 5.74) is 0.923. The number of carbonyl (C=O) groups is 1. The first-order chi connectivity index (χ1) is 16.4. The highest BCUT2D eigenvalue weighted by atomic mass is 19.2. The number of rotatable bonds is 6. The van der Waals surface area contributed by atoms with Crippen LogP contribution in [0.25, 0.3) is 0 Å². The zero-order valence-electron chi connectivity index (χ0n) is 19.9. The van der Waals surface area contributed by atoms with Crippen molar-refractivity contribution in [2.45, 2.75) is 76.5 Å². The lowest BCUT2D eigenvalue weighted by Crippen LogP contribution is -2.25. The molecule has 0 amide bonds. The zero-order valence-corrected chi connectivity index (χ0v) is 19.9. The summed E-state index contributed by atoms with van der Waals surface area (Å²) in [6, 6.07) is 7.55. The maximum absolute atomic E-state index is 15.1. The number of ether oxygens (including phenoxy) is 2. The molecule has 0 saturated heterocycles. The summed E-state index contributed by atoms with van der Waals surface area (Å²) < 4.78 is 54.2. The fraction of sp³-hybridized carbons (Fsp3) is 0.536. The van der Waals surface area contributed by atoms with E-state index in [1.165, 1.54) is 19.2 Å². The van der Waals surface area contributed by atoms with Gasteiger partial charge in [0.25, 0.3) is 0 Å². The molecule has 2 aromatic carbocycles. The van der Waals surface area contributed by atoms with Gasteiger partial charge in [-0.05, 0) is 92.4 Å². The number of halogens is 3. The van der Waals surface area contributed by atoms with Gasteiger partial charge in [0.1, 0.15) is 5.75 Å². The summed E-state index contributed by atoms with van der Waals surface area (Å²) in [5.74, 6) is -1.91. The fourth-order valence-corrected chi connectivity index (χ4v) is 5.64. The van der Waals surface area contributed by atoms with Crippen molar-refractivity contribution < 1.29 is 27.4 Å². The van der Waals surface area contributed by atoms with E-state index < -0.39 is 23.4 Å². The molecule has 0 spiro atoms. The van der Waals surface area contributed by atoms with Crippen LogP contribution in [-0.4, -0.2) is 13.1 Å². The van der Waals surface area contributed by atoms with Crippen LogP contribution >= 0.6 is 0 Å². The molecule has 2 aliphatic rings.